The first-order chi connectivity index (χ1) is 8.20. The van der Waals surface area contributed by atoms with Crippen LogP contribution < -0.4 is 5.32 Å². The second-order valence-electron chi connectivity index (χ2n) is 4.43. The van der Waals surface area contributed by atoms with Crippen LogP contribution in [-0.2, 0) is 0 Å². The Morgan fingerprint density at radius 1 is 1.29 bits per heavy atom. The highest BCUT2D eigenvalue weighted by Gasteiger charge is 2.27. The molecule has 0 aliphatic heterocycles. The number of alkyl halides is 1. The van der Waals surface area contributed by atoms with E-state index < -0.39 is 0 Å². The predicted octanol–water partition coefficient (Wildman–Crippen LogP) is 3.48. The predicted molar refractivity (Wildman–Crippen MR) is 70.8 cm³/mol. The maximum atomic E-state index is 12.0. The van der Waals surface area contributed by atoms with E-state index in [2.05, 4.69) is 5.32 Å². The van der Waals surface area contributed by atoms with Crippen molar-refractivity contribution in [3.05, 3.63) is 34.9 Å². The van der Waals surface area contributed by atoms with E-state index in [0.29, 0.717) is 22.4 Å². The molecule has 0 spiro atoms. The molecule has 1 amide bonds. The lowest BCUT2D eigenvalue weighted by molar-refractivity contribution is 0.0930. The zero-order valence-electron chi connectivity index (χ0n) is 9.46. The van der Waals surface area contributed by atoms with E-state index in [9.17, 15) is 4.79 Å². The molecule has 1 aromatic carbocycles. The maximum absolute atomic E-state index is 12.0. The van der Waals surface area contributed by atoms with E-state index in [0.717, 1.165) is 19.3 Å². The molecule has 1 aliphatic rings. The van der Waals surface area contributed by atoms with Gasteiger partial charge in [-0.3, -0.25) is 4.79 Å². The fraction of sp³-hybridized carbons (Fsp3) is 0.462. The van der Waals surface area contributed by atoms with Crippen LogP contribution >= 0.6 is 23.2 Å². The summed E-state index contributed by atoms with van der Waals surface area (Å²) in [7, 11) is 0. The van der Waals surface area contributed by atoms with Crippen molar-refractivity contribution >= 4 is 29.1 Å². The minimum Gasteiger partial charge on any atom is -0.349 e. The number of benzene rings is 1. The van der Waals surface area contributed by atoms with Gasteiger partial charge in [0.1, 0.15) is 0 Å². The molecule has 1 fully saturated rings. The minimum atomic E-state index is -0.0383. The lowest BCUT2D eigenvalue weighted by Gasteiger charge is -2.18. The highest BCUT2D eigenvalue weighted by atomic mass is 35.5. The number of carbonyl (C=O) groups excluding carboxylic acids is 1. The van der Waals surface area contributed by atoms with E-state index >= 15 is 0 Å². The van der Waals surface area contributed by atoms with Crippen molar-refractivity contribution in [3.8, 4) is 0 Å². The number of halogens is 2. The van der Waals surface area contributed by atoms with Gasteiger partial charge in [0.25, 0.3) is 5.91 Å². The quantitative estimate of drug-likeness (QED) is 0.838. The second kappa shape index (κ2) is 5.74. The van der Waals surface area contributed by atoms with E-state index in [1.54, 1.807) is 24.3 Å². The number of carbonyl (C=O) groups is 1. The highest BCUT2D eigenvalue weighted by Crippen LogP contribution is 2.26. The van der Waals surface area contributed by atoms with Crippen LogP contribution in [0.25, 0.3) is 0 Å². The Kier molecular flexibility index (Phi) is 4.30. The smallest absolute Gasteiger partial charge is 0.251 e. The van der Waals surface area contributed by atoms with Gasteiger partial charge in [0.15, 0.2) is 0 Å². The molecule has 2 rings (SSSR count). The molecule has 2 unspecified atom stereocenters. The summed E-state index contributed by atoms with van der Waals surface area (Å²) in [5, 5.41) is 3.69. The van der Waals surface area contributed by atoms with E-state index in [1.807, 2.05) is 0 Å². The first-order valence-electron chi connectivity index (χ1n) is 5.83. The van der Waals surface area contributed by atoms with Crippen LogP contribution in [-0.4, -0.2) is 17.8 Å². The average molecular weight is 272 g/mol. The molecule has 17 heavy (non-hydrogen) atoms. The summed E-state index contributed by atoms with van der Waals surface area (Å²) in [5.41, 5.74) is 0.648. The molecule has 92 valence electrons. The third-order valence-electron chi connectivity index (χ3n) is 3.28. The third kappa shape index (κ3) is 3.14. The Labute approximate surface area is 111 Å². The summed E-state index contributed by atoms with van der Waals surface area (Å²) >= 11 is 11.7. The van der Waals surface area contributed by atoms with Gasteiger partial charge in [0.05, 0.1) is 0 Å². The van der Waals surface area contributed by atoms with Crippen molar-refractivity contribution in [2.24, 2.45) is 5.92 Å². The zero-order valence-corrected chi connectivity index (χ0v) is 11.0. The minimum absolute atomic E-state index is 0.0383. The Balaban J connectivity index is 1.99. The van der Waals surface area contributed by atoms with Crippen LogP contribution in [0.2, 0.25) is 5.02 Å². The van der Waals surface area contributed by atoms with E-state index in [1.165, 1.54) is 0 Å². The number of amides is 1. The van der Waals surface area contributed by atoms with Crippen molar-refractivity contribution in [1.82, 2.24) is 5.32 Å². The fourth-order valence-corrected chi connectivity index (χ4v) is 2.76. The number of rotatable bonds is 3. The van der Waals surface area contributed by atoms with Crippen LogP contribution in [0.3, 0.4) is 0 Å². The van der Waals surface area contributed by atoms with Gasteiger partial charge < -0.3 is 5.32 Å². The highest BCUT2D eigenvalue weighted by molar-refractivity contribution is 6.30. The van der Waals surface area contributed by atoms with Gasteiger partial charge in [-0.15, -0.1) is 11.6 Å². The zero-order chi connectivity index (χ0) is 12.3. The van der Waals surface area contributed by atoms with Crippen molar-refractivity contribution in [2.45, 2.75) is 25.3 Å². The van der Waals surface area contributed by atoms with E-state index in [-0.39, 0.29) is 11.9 Å². The van der Waals surface area contributed by atoms with Gasteiger partial charge >= 0.3 is 0 Å². The fourth-order valence-electron chi connectivity index (χ4n) is 2.26. The van der Waals surface area contributed by atoms with Gasteiger partial charge in [-0.25, -0.2) is 0 Å². The van der Waals surface area contributed by atoms with Gasteiger partial charge in [-0.1, -0.05) is 18.0 Å². The molecule has 2 atom stereocenters. The Bertz CT molecular complexity index is 391. The van der Waals surface area contributed by atoms with E-state index in [4.69, 9.17) is 23.2 Å². The van der Waals surface area contributed by atoms with Crippen molar-refractivity contribution < 1.29 is 4.79 Å². The summed E-state index contributed by atoms with van der Waals surface area (Å²) in [4.78, 5) is 12.0. The molecule has 1 aliphatic carbocycles. The molecule has 0 heterocycles. The van der Waals surface area contributed by atoms with Crippen LogP contribution in [0.15, 0.2) is 24.3 Å². The van der Waals surface area contributed by atoms with Crippen molar-refractivity contribution in [3.63, 3.8) is 0 Å². The van der Waals surface area contributed by atoms with Crippen molar-refractivity contribution in [1.29, 1.82) is 0 Å². The third-order valence-corrected chi connectivity index (χ3v) is 3.93. The summed E-state index contributed by atoms with van der Waals surface area (Å²) in [5.74, 6) is 0.988. The SMILES string of the molecule is O=C(NC1CCCC1CCl)c1ccc(Cl)cc1. The second-order valence-corrected chi connectivity index (χ2v) is 5.18. The molecule has 1 saturated carbocycles. The topological polar surface area (TPSA) is 29.1 Å². The monoisotopic (exact) mass is 271 g/mol. The Hall–Kier alpha value is -0.730. The standard InChI is InChI=1S/C13H15Cl2NO/c14-8-10-2-1-3-12(10)16-13(17)9-4-6-11(15)7-5-9/h4-7,10,12H,1-3,8H2,(H,16,17). The average Bonchev–Trinajstić information content (AvgIpc) is 2.77. The van der Waals surface area contributed by atoms with Gasteiger partial charge in [-0.05, 0) is 43.0 Å². The number of hydrogen-bond donors (Lipinski definition) is 1. The molecule has 1 aromatic rings. The molecular formula is C13H15Cl2NO. The van der Waals surface area contributed by atoms with Crippen LogP contribution in [0, 0.1) is 5.92 Å². The van der Waals surface area contributed by atoms with Gasteiger partial charge in [0, 0.05) is 22.5 Å². The van der Waals surface area contributed by atoms with Crippen LogP contribution in [0.1, 0.15) is 29.6 Å². The Morgan fingerprint density at radius 2 is 2.00 bits per heavy atom. The summed E-state index contributed by atoms with van der Waals surface area (Å²) in [6, 6.07) is 7.15. The molecule has 0 radical (unpaired) electrons. The number of nitrogens with one attached hydrogen (secondary N) is 1. The van der Waals surface area contributed by atoms with Crippen molar-refractivity contribution in [2.75, 3.05) is 5.88 Å². The maximum Gasteiger partial charge on any atom is 0.251 e. The summed E-state index contributed by atoms with van der Waals surface area (Å²) < 4.78 is 0. The molecule has 0 aromatic heterocycles. The van der Waals surface area contributed by atoms with Gasteiger partial charge in [-0.2, -0.15) is 0 Å². The molecule has 0 saturated heterocycles. The lowest BCUT2D eigenvalue weighted by Crippen LogP contribution is -2.37. The number of hydrogen-bond acceptors (Lipinski definition) is 1. The largest absolute Gasteiger partial charge is 0.349 e. The first-order valence-corrected chi connectivity index (χ1v) is 6.74. The van der Waals surface area contributed by atoms with Crippen LogP contribution in [0.4, 0.5) is 0 Å². The molecule has 4 heteroatoms. The summed E-state index contributed by atoms with van der Waals surface area (Å²) in [6.07, 6.45) is 3.27. The molecule has 2 nitrogen and oxygen atoms in total. The first kappa shape index (κ1) is 12.7. The molecule has 1 N–H and O–H groups in total. The van der Waals surface area contributed by atoms with Crippen LogP contribution in [0.5, 0.6) is 0 Å². The molecule has 0 bridgehead atoms. The summed E-state index contributed by atoms with van der Waals surface area (Å²) in [6.45, 7) is 0. The lowest BCUT2D eigenvalue weighted by atomic mass is 10.1. The Morgan fingerprint density at radius 3 is 2.65 bits per heavy atom. The molecular weight excluding hydrogens is 257 g/mol. The normalized spacial score (nSPS) is 23.6. The van der Waals surface area contributed by atoms with Gasteiger partial charge in [0.2, 0.25) is 0 Å².